The van der Waals surface area contributed by atoms with Gasteiger partial charge in [0.25, 0.3) is 0 Å². The van der Waals surface area contributed by atoms with Crippen molar-refractivity contribution in [1.82, 2.24) is 0 Å². The number of nitrogens with one attached hydrogen (secondary N) is 1. The van der Waals surface area contributed by atoms with Crippen molar-refractivity contribution in [2.75, 3.05) is 11.1 Å². The van der Waals surface area contributed by atoms with Crippen molar-refractivity contribution in [3.63, 3.8) is 0 Å². The fourth-order valence-electron chi connectivity index (χ4n) is 1.49. The Bertz CT molecular complexity index is 535. The summed E-state index contributed by atoms with van der Waals surface area (Å²) < 4.78 is 13.5. The summed E-state index contributed by atoms with van der Waals surface area (Å²) in [6.07, 6.45) is 0. The molecule has 0 atom stereocenters. The number of benzene rings is 2. The molecule has 2 aromatic rings. The number of aryl methyl sites for hydroxylation is 1. The third-order valence-corrected chi connectivity index (χ3v) is 2.89. The minimum atomic E-state index is -0.387. The Morgan fingerprint density at radius 1 is 1.24 bits per heavy atom. The van der Waals surface area contributed by atoms with Gasteiger partial charge in [0.1, 0.15) is 5.82 Å². The van der Waals surface area contributed by atoms with Gasteiger partial charge in [-0.25, -0.2) is 4.39 Å². The van der Waals surface area contributed by atoms with Crippen LogP contribution in [0.4, 0.5) is 21.5 Å². The second-order valence-corrected chi connectivity index (χ2v) is 4.20. The van der Waals surface area contributed by atoms with E-state index in [1.54, 1.807) is 18.2 Å². The van der Waals surface area contributed by atoms with E-state index in [-0.39, 0.29) is 11.5 Å². The van der Waals surface area contributed by atoms with Crippen LogP contribution in [-0.2, 0) is 0 Å². The van der Waals surface area contributed by atoms with E-state index in [4.69, 9.17) is 17.3 Å². The second kappa shape index (κ2) is 4.63. The first kappa shape index (κ1) is 11.7. The zero-order valence-electron chi connectivity index (χ0n) is 9.30. The molecule has 3 N–H and O–H groups in total. The van der Waals surface area contributed by atoms with E-state index >= 15 is 0 Å². The lowest BCUT2D eigenvalue weighted by molar-refractivity contribution is 0.632. The summed E-state index contributed by atoms with van der Waals surface area (Å²) in [5.41, 5.74) is 8.01. The normalized spacial score (nSPS) is 10.3. The van der Waals surface area contributed by atoms with Crippen molar-refractivity contribution in [2.45, 2.75) is 6.92 Å². The second-order valence-electron chi connectivity index (χ2n) is 3.79. The van der Waals surface area contributed by atoms with Gasteiger partial charge in [-0.3, -0.25) is 0 Å². The molecule has 0 fully saturated rings. The summed E-state index contributed by atoms with van der Waals surface area (Å²) in [5, 5.41) is 3.55. The highest BCUT2D eigenvalue weighted by atomic mass is 35.5. The maximum absolute atomic E-state index is 13.5. The molecule has 0 aliphatic carbocycles. The standard InChI is InChI=1S/C13H12ClFN2/c1-8-5-6-9(7-10(8)14)17-13-11(15)3-2-4-12(13)16/h2-7,17H,16H2,1H3. The highest BCUT2D eigenvalue weighted by molar-refractivity contribution is 6.31. The van der Waals surface area contributed by atoms with Crippen molar-refractivity contribution in [1.29, 1.82) is 0 Å². The average molecular weight is 251 g/mol. The van der Waals surface area contributed by atoms with Crippen LogP contribution in [0.25, 0.3) is 0 Å². The summed E-state index contributed by atoms with van der Waals surface area (Å²) in [7, 11) is 0. The molecule has 0 amide bonds. The van der Waals surface area contributed by atoms with Gasteiger partial charge in [0.2, 0.25) is 0 Å². The maximum Gasteiger partial charge on any atom is 0.148 e. The zero-order chi connectivity index (χ0) is 12.4. The lowest BCUT2D eigenvalue weighted by Gasteiger charge is -2.11. The number of hydrogen-bond donors (Lipinski definition) is 2. The van der Waals surface area contributed by atoms with E-state index in [1.807, 2.05) is 19.1 Å². The topological polar surface area (TPSA) is 38.0 Å². The predicted molar refractivity (Wildman–Crippen MR) is 70.3 cm³/mol. The molecule has 88 valence electrons. The first-order valence-electron chi connectivity index (χ1n) is 5.15. The molecule has 17 heavy (non-hydrogen) atoms. The van der Waals surface area contributed by atoms with E-state index in [0.29, 0.717) is 16.4 Å². The molecule has 0 heterocycles. The molecule has 2 aromatic carbocycles. The maximum atomic E-state index is 13.5. The lowest BCUT2D eigenvalue weighted by Crippen LogP contribution is -1.99. The van der Waals surface area contributed by atoms with Gasteiger partial charge < -0.3 is 11.1 Å². The van der Waals surface area contributed by atoms with Gasteiger partial charge >= 0.3 is 0 Å². The number of halogens is 2. The molecule has 0 radical (unpaired) electrons. The quantitative estimate of drug-likeness (QED) is 0.787. The van der Waals surface area contributed by atoms with Crippen molar-refractivity contribution in [3.05, 3.63) is 52.8 Å². The van der Waals surface area contributed by atoms with Crippen LogP contribution in [0.5, 0.6) is 0 Å². The minimum Gasteiger partial charge on any atom is -0.397 e. The van der Waals surface area contributed by atoms with Gasteiger partial charge in [-0.05, 0) is 36.8 Å². The predicted octanol–water partition coefficient (Wildman–Crippen LogP) is 4.11. The summed E-state index contributed by atoms with van der Waals surface area (Å²) in [4.78, 5) is 0. The molecule has 0 aliphatic rings. The van der Waals surface area contributed by atoms with Crippen LogP contribution >= 0.6 is 11.6 Å². The van der Waals surface area contributed by atoms with Gasteiger partial charge in [-0.15, -0.1) is 0 Å². The minimum absolute atomic E-state index is 0.271. The molecule has 0 aliphatic heterocycles. The van der Waals surface area contributed by atoms with Crippen molar-refractivity contribution < 1.29 is 4.39 Å². The van der Waals surface area contributed by atoms with Crippen molar-refractivity contribution in [2.24, 2.45) is 0 Å². The van der Waals surface area contributed by atoms with Gasteiger partial charge in [0.05, 0.1) is 11.4 Å². The third kappa shape index (κ3) is 2.50. The molecular weight excluding hydrogens is 239 g/mol. The van der Waals surface area contributed by atoms with Crippen LogP contribution in [0.1, 0.15) is 5.56 Å². The fraction of sp³-hybridized carbons (Fsp3) is 0.0769. The van der Waals surface area contributed by atoms with E-state index in [1.165, 1.54) is 6.07 Å². The number of nitrogens with two attached hydrogens (primary N) is 1. The highest BCUT2D eigenvalue weighted by Gasteiger charge is 2.06. The number of para-hydroxylation sites is 1. The van der Waals surface area contributed by atoms with Crippen LogP contribution in [0, 0.1) is 12.7 Å². The molecule has 0 unspecified atom stereocenters. The van der Waals surface area contributed by atoms with E-state index in [0.717, 1.165) is 5.56 Å². The molecule has 0 saturated carbocycles. The van der Waals surface area contributed by atoms with Crippen LogP contribution in [-0.4, -0.2) is 0 Å². The van der Waals surface area contributed by atoms with Crippen LogP contribution in [0.15, 0.2) is 36.4 Å². The SMILES string of the molecule is Cc1ccc(Nc2c(N)cccc2F)cc1Cl. The molecule has 0 saturated heterocycles. The molecule has 0 bridgehead atoms. The monoisotopic (exact) mass is 250 g/mol. The highest BCUT2D eigenvalue weighted by Crippen LogP contribution is 2.28. The number of anilines is 3. The summed E-state index contributed by atoms with van der Waals surface area (Å²) in [6.45, 7) is 1.91. The molecule has 2 nitrogen and oxygen atoms in total. The van der Waals surface area contributed by atoms with Gasteiger partial charge in [0, 0.05) is 10.7 Å². The number of hydrogen-bond acceptors (Lipinski definition) is 2. The van der Waals surface area contributed by atoms with Gasteiger partial charge in [-0.1, -0.05) is 23.7 Å². The average Bonchev–Trinajstić information content (AvgIpc) is 2.28. The Hall–Kier alpha value is -1.74. The Kier molecular flexibility index (Phi) is 3.20. The van der Waals surface area contributed by atoms with Gasteiger partial charge in [0.15, 0.2) is 0 Å². The molecular formula is C13H12ClFN2. The molecule has 0 aromatic heterocycles. The summed E-state index contributed by atoms with van der Waals surface area (Å²) in [5.74, 6) is -0.387. The van der Waals surface area contributed by atoms with E-state index in [2.05, 4.69) is 5.32 Å². The number of rotatable bonds is 2. The molecule has 0 spiro atoms. The third-order valence-electron chi connectivity index (χ3n) is 2.49. The lowest BCUT2D eigenvalue weighted by atomic mass is 10.2. The smallest absolute Gasteiger partial charge is 0.148 e. The van der Waals surface area contributed by atoms with Gasteiger partial charge in [-0.2, -0.15) is 0 Å². The molecule has 2 rings (SSSR count). The summed E-state index contributed by atoms with van der Waals surface area (Å²) in [6, 6.07) is 9.99. The number of nitrogen functional groups attached to an aromatic ring is 1. The van der Waals surface area contributed by atoms with E-state index < -0.39 is 0 Å². The summed E-state index contributed by atoms with van der Waals surface area (Å²) >= 11 is 5.99. The van der Waals surface area contributed by atoms with Crippen LogP contribution in [0.2, 0.25) is 5.02 Å². The Morgan fingerprint density at radius 2 is 2.00 bits per heavy atom. The largest absolute Gasteiger partial charge is 0.397 e. The first-order valence-corrected chi connectivity index (χ1v) is 5.53. The Morgan fingerprint density at radius 3 is 2.65 bits per heavy atom. The van der Waals surface area contributed by atoms with Crippen LogP contribution < -0.4 is 11.1 Å². The Balaban J connectivity index is 2.35. The zero-order valence-corrected chi connectivity index (χ0v) is 10.1. The first-order chi connectivity index (χ1) is 8.08. The van der Waals surface area contributed by atoms with Crippen LogP contribution in [0.3, 0.4) is 0 Å². The Labute approximate surface area is 104 Å². The molecule has 4 heteroatoms. The van der Waals surface area contributed by atoms with Crippen molar-refractivity contribution >= 4 is 28.7 Å². The van der Waals surface area contributed by atoms with E-state index in [9.17, 15) is 4.39 Å². The fourth-order valence-corrected chi connectivity index (χ4v) is 1.67. The van der Waals surface area contributed by atoms with Crippen molar-refractivity contribution in [3.8, 4) is 0 Å².